The van der Waals surface area contributed by atoms with E-state index in [1.807, 2.05) is 24.4 Å². The Bertz CT molecular complexity index is 1050. The lowest BCUT2D eigenvalue weighted by atomic mass is 10.1. The van der Waals surface area contributed by atoms with Crippen LogP contribution >= 0.6 is 0 Å². The minimum Gasteiger partial charge on any atom is -0.475 e. The quantitative estimate of drug-likeness (QED) is 0.522. The second kappa shape index (κ2) is 14.2. The van der Waals surface area contributed by atoms with Crippen molar-refractivity contribution in [3.8, 4) is 0 Å². The number of hydrogen-bond acceptors (Lipinski definition) is 6. The summed E-state index contributed by atoms with van der Waals surface area (Å²) in [5.41, 5.74) is 1.77. The van der Waals surface area contributed by atoms with Gasteiger partial charge in [-0.25, -0.2) is 14.0 Å². The molecule has 2 fully saturated rings. The molecule has 0 radical (unpaired) electrons. The summed E-state index contributed by atoms with van der Waals surface area (Å²) in [4.78, 5) is 27.2. The number of rotatable bonds is 5. The first-order valence-corrected chi connectivity index (χ1v) is 11.5. The molecule has 0 aliphatic carbocycles. The lowest BCUT2D eigenvalue weighted by molar-refractivity contribution is -0.193. The molecule has 0 spiro atoms. The van der Waals surface area contributed by atoms with E-state index < -0.39 is 24.3 Å². The Kier molecular flexibility index (Phi) is 11.6. The zero-order chi connectivity index (χ0) is 29.2. The molecule has 15 heteroatoms. The van der Waals surface area contributed by atoms with Crippen LogP contribution in [0.3, 0.4) is 0 Å². The molecule has 4 rings (SSSR count). The maximum atomic E-state index is 13.7. The number of halogens is 7. The van der Waals surface area contributed by atoms with Gasteiger partial charge in [-0.15, -0.1) is 0 Å². The third-order valence-electron chi connectivity index (χ3n) is 5.69. The third kappa shape index (κ3) is 11.1. The Morgan fingerprint density at radius 3 is 2.05 bits per heavy atom. The number of aromatic nitrogens is 1. The van der Waals surface area contributed by atoms with E-state index in [1.165, 1.54) is 6.07 Å². The molecular formula is C24H26F7N3O5. The molecule has 1 aromatic carbocycles. The summed E-state index contributed by atoms with van der Waals surface area (Å²) < 4.78 is 83.2. The van der Waals surface area contributed by atoms with Crippen LogP contribution in [0.15, 0.2) is 48.7 Å². The number of ether oxygens (including phenoxy) is 1. The van der Waals surface area contributed by atoms with Crippen LogP contribution in [0, 0.1) is 5.82 Å². The maximum Gasteiger partial charge on any atom is 0.490 e. The number of benzene rings is 1. The summed E-state index contributed by atoms with van der Waals surface area (Å²) in [5.74, 6) is -5.69. The van der Waals surface area contributed by atoms with E-state index in [0.29, 0.717) is 18.2 Å². The second-order valence-corrected chi connectivity index (χ2v) is 8.57. The van der Waals surface area contributed by atoms with Gasteiger partial charge in [-0.1, -0.05) is 24.3 Å². The third-order valence-corrected chi connectivity index (χ3v) is 5.69. The normalized spacial score (nSPS) is 19.7. The van der Waals surface area contributed by atoms with Gasteiger partial charge in [0.1, 0.15) is 5.82 Å². The van der Waals surface area contributed by atoms with Gasteiger partial charge in [-0.05, 0) is 24.6 Å². The zero-order valence-electron chi connectivity index (χ0n) is 20.3. The smallest absolute Gasteiger partial charge is 0.475 e. The number of carboxylic acids is 2. The molecular weight excluding hydrogens is 543 g/mol. The van der Waals surface area contributed by atoms with Crippen molar-refractivity contribution in [1.82, 2.24) is 14.8 Å². The van der Waals surface area contributed by atoms with Crippen molar-refractivity contribution in [2.24, 2.45) is 0 Å². The first-order chi connectivity index (χ1) is 18.2. The van der Waals surface area contributed by atoms with Gasteiger partial charge >= 0.3 is 24.3 Å². The molecule has 0 amide bonds. The number of aliphatic carboxylic acids is 2. The van der Waals surface area contributed by atoms with Crippen LogP contribution in [0.4, 0.5) is 30.7 Å². The number of nitrogens with zero attached hydrogens (tertiary/aromatic N) is 3. The standard InChI is InChI=1S/C20H24FN3O.2C2HF3O2/c21-20-7-2-1-5-16(20)15-25-19-11-18-13-23(9-10-24(18)14-19)12-17-6-3-4-8-22-17;2*3-2(4,5)1(6)7/h1-8,18-19H,9-15H2;2*(H,6,7)/t18-,19+;;/m0../s1. The van der Waals surface area contributed by atoms with Crippen molar-refractivity contribution >= 4 is 11.9 Å². The SMILES string of the molecule is Fc1ccccc1CO[C@@H]1C[C@H]2CN(Cc3ccccn3)CCN2C1.O=C(O)C(F)(F)F.O=C(O)C(F)(F)F. The van der Waals surface area contributed by atoms with Crippen molar-refractivity contribution in [2.75, 3.05) is 26.2 Å². The molecule has 2 aliphatic rings. The summed E-state index contributed by atoms with van der Waals surface area (Å²) in [6, 6.07) is 13.5. The molecule has 2 atom stereocenters. The fraction of sp³-hybridized carbons (Fsp3) is 0.458. The van der Waals surface area contributed by atoms with Crippen LogP contribution in [0.5, 0.6) is 0 Å². The predicted octanol–water partition coefficient (Wildman–Crippen LogP) is 3.96. The highest BCUT2D eigenvalue weighted by Crippen LogP contribution is 2.25. The molecule has 2 saturated heterocycles. The Balaban J connectivity index is 0.000000317. The minimum absolute atomic E-state index is 0.181. The van der Waals surface area contributed by atoms with E-state index in [0.717, 1.165) is 44.8 Å². The highest BCUT2D eigenvalue weighted by atomic mass is 19.4. The van der Waals surface area contributed by atoms with E-state index in [1.54, 1.807) is 12.1 Å². The molecule has 0 bridgehead atoms. The molecule has 0 unspecified atom stereocenters. The molecule has 3 heterocycles. The fourth-order valence-electron chi connectivity index (χ4n) is 3.87. The highest BCUT2D eigenvalue weighted by Gasteiger charge is 2.39. The monoisotopic (exact) mass is 569 g/mol. The first-order valence-electron chi connectivity index (χ1n) is 11.5. The number of pyridine rings is 1. The maximum absolute atomic E-state index is 13.7. The summed E-state index contributed by atoms with van der Waals surface area (Å²) in [6.07, 6.45) is -7.10. The lowest BCUT2D eigenvalue weighted by Gasteiger charge is -2.37. The van der Waals surface area contributed by atoms with Crippen molar-refractivity contribution in [3.63, 3.8) is 0 Å². The van der Waals surface area contributed by atoms with Crippen molar-refractivity contribution in [2.45, 2.75) is 44.1 Å². The average molecular weight is 569 g/mol. The first kappa shape index (κ1) is 31.9. The van der Waals surface area contributed by atoms with Gasteiger partial charge in [0.15, 0.2) is 0 Å². The van der Waals surface area contributed by atoms with Crippen molar-refractivity contribution < 1.29 is 55.3 Å². The molecule has 2 N–H and O–H groups in total. The number of alkyl halides is 6. The van der Waals surface area contributed by atoms with Gasteiger partial charge in [0.05, 0.1) is 18.4 Å². The summed E-state index contributed by atoms with van der Waals surface area (Å²) >= 11 is 0. The topological polar surface area (TPSA) is 103 Å². The Labute approximate surface area is 218 Å². The van der Waals surface area contributed by atoms with E-state index in [-0.39, 0.29) is 11.9 Å². The number of carbonyl (C=O) groups is 2. The largest absolute Gasteiger partial charge is 0.490 e. The average Bonchev–Trinajstić information content (AvgIpc) is 3.26. The van der Waals surface area contributed by atoms with E-state index >= 15 is 0 Å². The molecule has 2 aliphatic heterocycles. The van der Waals surface area contributed by atoms with Gasteiger partial charge in [0.25, 0.3) is 0 Å². The Morgan fingerprint density at radius 2 is 1.51 bits per heavy atom. The molecule has 1 aromatic heterocycles. The van der Waals surface area contributed by atoms with Crippen molar-refractivity contribution in [3.05, 3.63) is 65.7 Å². The van der Waals surface area contributed by atoms with Gasteiger partial charge in [0.2, 0.25) is 0 Å². The second-order valence-electron chi connectivity index (χ2n) is 8.57. The van der Waals surface area contributed by atoms with Crippen LogP contribution in [-0.2, 0) is 27.5 Å². The number of hydrogen-bond donors (Lipinski definition) is 2. The van der Waals surface area contributed by atoms with Gasteiger partial charge in [0, 0.05) is 50.5 Å². The summed E-state index contributed by atoms with van der Waals surface area (Å²) in [5, 5.41) is 14.2. The van der Waals surface area contributed by atoms with Gasteiger partial charge in [-0.2, -0.15) is 26.3 Å². The van der Waals surface area contributed by atoms with E-state index in [4.69, 9.17) is 24.5 Å². The number of fused-ring (bicyclic) bond motifs is 1. The highest BCUT2D eigenvalue weighted by molar-refractivity contribution is 5.73. The molecule has 216 valence electrons. The molecule has 2 aromatic rings. The minimum atomic E-state index is -5.08. The summed E-state index contributed by atoms with van der Waals surface area (Å²) in [7, 11) is 0. The van der Waals surface area contributed by atoms with Gasteiger partial charge < -0.3 is 14.9 Å². The van der Waals surface area contributed by atoms with E-state index in [9.17, 15) is 30.7 Å². The number of piperazine rings is 1. The zero-order valence-corrected chi connectivity index (χ0v) is 20.3. The van der Waals surface area contributed by atoms with Gasteiger partial charge in [-0.3, -0.25) is 14.8 Å². The van der Waals surface area contributed by atoms with Crippen molar-refractivity contribution in [1.29, 1.82) is 0 Å². The molecule has 8 nitrogen and oxygen atoms in total. The van der Waals surface area contributed by atoms with Crippen LogP contribution in [0.1, 0.15) is 17.7 Å². The number of carboxylic acid groups (broad SMARTS) is 2. The molecule has 0 saturated carbocycles. The fourth-order valence-corrected chi connectivity index (χ4v) is 3.87. The Hall–Kier alpha value is -3.30. The lowest BCUT2D eigenvalue weighted by Crippen LogP contribution is -2.49. The molecule has 39 heavy (non-hydrogen) atoms. The summed E-state index contributed by atoms with van der Waals surface area (Å²) in [6.45, 7) is 5.40. The van der Waals surface area contributed by atoms with Crippen LogP contribution in [0.25, 0.3) is 0 Å². The van der Waals surface area contributed by atoms with Crippen LogP contribution in [0.2, 0.25) is 0 Å². The van der Waals surface area contributed by atoms with Crippen LogP contribution < -0.4 is 0 Å². The predicted molar refractivity (Wildman–Crippen MR) is 122 cm³/mol. The van der Waals surface area contributed by atoms with Crippen LogP contribution in [-0.4, -0.2) is 87.6 Å². The Morgan fingerprint density at radius 1 is 0.923 bits per heavy atom. The van der Waals surface area contributed by atoms with E-state index in [2.05, 4.69) is 20.9 Å².